The van der Waals surface area contributed by atoms with E-state index in [-0.39, 0.29) is 24.0 Å². The molecular formula is C15H30IN3. The molecule has 0 spiro atoms. The second-order valence-corrected chi connectivity index (χ2v) is 6.37. The summed E-state index contributed by atoms with van der Waals surface area (Å²) in [6.07, 6.45) is 5.47. The molecule has 1 aliphatic carbocycles. The maximum absolute atomic E-state index is 4.80. The first kappa shape index (κ1) is 17.1. The van der Waals surface area contributed by atoms with Gasteiger partial charge in [0.1, 0.15) is 0 Å². The second kappa shape index (κ2) is 8.32. The van der Waals surface area contributed by atoms with E-state index >= 15 is 0 Å². The summed E-state index contributed by atoms with van der Waals surface area (Å²) >= 11 is 0. The van der Waals surface area contributed by atoms with E-state index in [2.05, 4.69) is 31.0 Å². The van der Waals surface area contributed by atoms with Crippen LogP contribution in [0.3, 0.4) is 0 Å². The Morgan fingerprint density at radius 1 is 1.26 bits per heavy atom. The monoisotopic (exact) mass is 379 g/mol. The summed E-state index contributed by atoms with van der Waals surface area (Å²) in [5.41, 5.74) is 0. The van der Waals surface area contributed by atoms with Crippen LogP contribution in [0.4, 0.5) is 0 Å². The van der Waals surface area contributed by atoms with Gasteiger partial charge in [-0.2, -0.15) is 0 Å². The van der Waals surface area contributed by atoms with Gasteiger partial charge in [-0.25, -0.2) is 0 Å². The van der Waals surface area contributed by atoms with Crippen molar-refractivity contribution in [1.82, 2.24) is 10.2 Å². The van der Waals surface area contributed by atoms with Crippen LogP contribution in [0, 0.1) is 17.8 Å². The highest BCUT2D eigenvalue weighted by molar-refractivity contribution is 14.0. The maximum atomic E-state index is 4.80. The first-order chi connectivity index (χ1) is 8.69. The second-order valence-electron chi connectivity index (χ2n) is 6.37. The molecular weight excluding hydrogens is 349 g/mol. The third kappa shape index (κ3) is 5.88. The summed E-state index contributed by atoms with van der Waals surface area (Å²) < 4.78 is 0. The molecule has 0 aromatic heterocycles. The van der Waals surface area contributed by atoms with Crippen molar-refractivity contribution in [2.45, 2.75) is 46.5 Å². The summed E-state index contributed by atoms with van der Waals surface area (Å²) in [4.78, 5) is 7.27. The van der Waals surface area contributed by atoms with Gasteiger partial charge in [-0.15, -0.1) is 24.0 Å². The first-order valence-electron chi connectivity index (χ1n) is 7.72. The van der Waals surface area contributed by atoms with Gasteiger partial charge in [-0.3, -0.25) is 4.99 Å². The maximum Gasteiger partial charge on any atom is 0.193 e. The zero-order chi connectivity index (χ0) is 13.0. The minimum Gasteiger partial charge on any atom is -0.357 e. The van der Waals surface area contributed by atoms with Crippen molar-refractivity contribution in [2.75, 3.05) is 26.2 Å². The fourth-order valence-corrected chi connectivity index (χ4v) is 2.83. The predicted octanol–water partition coefficient (Wildman–Crippen LogP) is 3.35. The van der Waals surface area contributed by atoms with Crippen LogP contribution in [0.5, 0.6) is 0 Å². The zero-order valence-electron chi connectivity index (χ0n) is 12.7. The Morgan fingerprint density at radius 2 is 2.00 bits per heavy atom. The van der Waals surface area contributed by atoms with E-state index in [0.717, 1.165) is 36.8 Å². The van der Waals surface area contributed by atoms with Crippen LogP contribution in [0.25, 0.3) is 0 Å². The van der Waals surface area contributed by atoms with E-state index in [1.165, 1.54) is 38.8 Å². The number of aliphatic imine (C=N–C) groups is 1. The molecule has 2 fully saturated rings. The van der Waals surface area contributed by atoms with Crippen molar-refractivity contribution in [3.05, 3.63) is 0 Å². The number of guanidine groups is 1. The quantitative estimate of drug-likeness (QED) is 0.451. The van der Waals surface area contributed by atoms with Crippen LogP contribution >= 0.6 is 24.0 Å². The Morgan fingerprint density at radius 3 is 2.58 bits per heavy atom. The Hall–Kier alpha value is 0. The molecule has 4 heteroatoms. The Labute approximate surface area is 135 Å². The van der Waals surface area contributed by atoms with Gasteiger partial charge in [0.2, 0.25) is 0 Å². The molecule has 2 rings (SSSR count). The predicted molar refractivity (Wildman–Crippen MR) is 93.3 cm³/mol. The zero-order valence-corrected chi connectivity index (χ0v) is 15.0. The Bertz CT molecular complexity index is 287. The van der Waals surface area contributed by atoms with Crippen molar-refractivity contribution >= 4 is 29.9 Å². The lowest BCUT2D eigenvalue weighted by molar-refractivity contribution is 0.403. The molecule has 112 valence electrons. The van der Waals surface area contributed by atoms with Crippen LogP contribution in [-0.2, 0) is 0 Å². The first-order valence-corrected chi connectivity index (χ1v) is 7.72. The molecule has 1 aliphatic heterocycles. The fraction of sp³-hybridized carbons (Fsp3) is 0.933. The number of rotatable bonds is 5. The van der Waals surface area contributed by atoms with Crippen molar-refractivity contribution < 1.29 is 0 Å². The third-order valence-electron chi connectivity index (χ3n) is 3.92. The van der Waals surface area contributed by atoms with Gasteiger partial charge in [-0.1, -0.05) is 13.8 Å². The molecule has 1 N–H and O–H groups in total. The fourth-order valence-electron chi connectivity index (χ4n) is 2.83. The van der Waals surface area contributed by atoms with Gasteiger partial charge in [0.25, 0.3) is 0 Å². The van der Waals surface area contributed by atoms with Crippen molar-refractivity contribution in [2.24, 2.45) is 22.7 Å². The summed E-state index contributed by atoms with van der Waals surface area (Å²) in [6.45, 7) is 11.2. The average molecular weight is 379 g/mol. The van der Waals surface area contributed by atoms with Gasteiger partial charge in [0.15, 0.2) is 5.96 Å². The van der Waals surface area contributed by atoms with Gasteiger partial charge < -0.3 is 10.2 Å². The van der Waals surface area contributed by atoms with Crippen molar-refractivity contribution in [1.29, 1.82) is 0 Å². The van der Waals surface area contributed by atoms with Gasteiger partial charge in [0, 0.05) is 26.2 Å². The number of nitrogens with one attached hydrogen (secondary N) is 1. The van der Waals surface area contributed by atoms with E-state index in [1.54, 1.807) is 0 Å². The molecule has 2 aliphatic rings. The molecule has 3 nitrogen and oxygen atoms in total. The van der Waals surface area contributed by atoms with Crippen LogP contribution in [0.15, 0.2) is 4.99 Å². The molecule has 0 radical (unpaired) electrons. The standard InChI is InChI=1S/C15H29N3.HI/c1-4-16-15(17-10-13-5-6-13)18-8-7-14(11-18)9-12(2)3;/h12-14H,4-11H2,1-3H3,(H,16,17);1H. The topological polar surface area (TPSA) is 27.6 Å². The van der Waals surface area contributed by atoms with Crippen LogP contribution in [0.1, 0.15) is 46.5 Å². The minimum absolute atomic E-state index is 0. The molecule has 0 aromatic carbocycles. The number of likely N-dealkylation sites (tertiary alicyclic amines) is 1. The summed E-state index contributed by atoms with van der Waals surface area (Å²) in [5.74, 6) is 3.74. The highest BCUT2D eigenvalue weighted by Gasteiger charge is 2.26. The molecule has 0 aromatic rings. The summed E-state index contributed by atoms with van der Waals surface area (Å²) in [7, 11) is 0. The third-order valence-corrected chi connectivity index (χ3v) is 3.92. The Balaban J connectivity index is 0.00000180. The number of hydrogen-bond acceptors (Lipinski definition) is 1. The highest BCUT2D eigenvalue weighted by Crippen LogP contribution is 2.29. The molecule has 1 saturated carbocycles. The SMILES string of the molecule is CCNC(=NCC1CC1)N1CCC(CC(C)C)C1.I. The van der Waals surface area contributed by atoms with E-state index < -0.39 is 0 Å². The lowest BCUT2D eigenvalue weighted by atomic mass is 9.97. The van der Waals surface area contributed by atoms with Gasteiger partial charge in [0.05, 0.1) is 0 Å². The largest absolute Gasteiger partial charge is 0.357 e. The Kier molecular flexibility index (Phi) is 7.47. The highest BCUT2D eigenvalue weighted by atomic mass is 127. The number of hydrogen-bond donors (Lipinski definition) is 1. The molecule has 0 amide bonds. The van der Waals surface area contributed by atoms with Crippen molar-refractivity contribution in [3.8, 4) is 0 Å². The molecule has 1 heterocycles. The molecule has 0 bridgehead atoms. The molecule has 1 saturated heterocycles. The van der Waals surface area contributed by atoms with E-state index in [1.807, 2.05) is 0 Å². The molecule has 1 unspecified atom stereocenters. The van der Waals surface area contributed by atoms with Crippen LogP contribution < -0.4 is 5.32 Å². The van der Waals surface area contributed by atoms with E-state index in [0.29, 0.717) is 0 Å². The molecule has 19 heavy (non-hydrogen) atoms. The van der Waals surface area contributed by atoms with Gasteiger partial charge >= 0.3 is 0 Å². The number of halogens is 1. The number of nitrogens with zero attached hydrogens (tertiary/aromatic N) is 2. The lowest BCUT2D eigenvalue weighted by Gasteiger charge is -2.22. The molecule has 1 atom stereocenters. The van der Waals surface area contributed by atoms with Crippen LogP contribution in [-0.4, -0.2) is 37.0 Å². The summed E-state index contributed by atoms with van der Waals surface area (Å²) in [5, 5.41) is 3.46. The minimum atomic E-state index is 0. The summed E-state index contributed by atoms with van der Waals surface area (Å²) in [6, 6.07) is 0. The smallest absolute Gasteiger partial charge is 0.193 e. The lowest BCUT2D eigenvalue weighted by Crippen LogP contribution is -2.40. The van der Waals surface area contributed by atoms with Crippen molar-refractivity contribution in [3.63, 3.8) is 0 Å². The average Bonchev–Trinajstić information content (AvgIpc) is 3.03. The normalized spacial score (nSPS) is 23.7. The van der Waals surface area contributed by atoms with Crippen LogP contribution in [0.2, 0.25) is 0 Å². The van der Waals surface area contributed by atoms with Gasteiger partial charge in [-0.05, 0) is 50.4 Å². The van der Waals surface area contributed by atoms with E-state index in [9.17, 15) is 0 Å². The van der Waals surface area contributed by atoms with E-state index in [4.69, 9.17) is 4.99 Å².